The molecule has 1 saturated heterocycles. The quantitative estimate of drug-likeness (QED) is 0.462. The first-order chi connectivity index (χ1) is 12.4. The van der Waals surface area contributed by atoms with Crippen molar-refractivity contribution in [1.82, 2.24) is 0 Å². The molecule has 0 N–H and O–H groups in total. The normalized spacial score (nSPS) is 26.2. The summed E-state index contributed by atoms with van der Waals surface area (Å²) in [6.07, 6.45) is 1.14. The second-order valence-electron chi connectivity index (χ2n) is 7.61. The van der Waals surface area contributed by atoms with Gasteiger partial charge >= 0.3 is 157 Å². The molecule has 1 aliphatic heterocycles. The third kappa shape index (κ3) is 3.53. The number of halogens is 3. The minimum atomic E-state index is -5.72. The van der Waals surface area contributed by atoms with Crippen molar-refractivity contribution in [2.45, 2.75) is 29.7 Å². The van der Waals surface area contributed by atoms with Crippen molar-refractivity contribution in [2.75, 3.05) is 13.3 Å². The molecule has 2 aromatic rings. The molecular formula is C19H22F3O3PS. The molecule has 2 aromatic carbocycles. The van der Waals surface area contributed by atoms with Crippen LogP contribution in [0.5, 0.6) is 0 Å². The van der Waals surface area contributed by atoms with E-state index in [9.17, 15) is 21.6 Å². The number of benzene rings is 2. The van der Waals surface area contributed by atoms with Gasteiger partial charge in [0.25, 0.3) is 0 Å². The summed E-state index contributed by atoms with van der Waals surface area (Å²) in [4.78, 5) is 0. The summed E-state index contributed by atoms with van der Waals surface area (Å²) in [5.74, 6) is 0. The van der Waals surface area contributed by atoms with Gasteiger partial charge in [-0.1, -0.05) is 0 Å². The van der Waals surface area contributed by atoms with Crippen LogP contribution in [0.3, 0.4) is 0 Å². The van der Waals surface area contributed by atoms with Crippen LogP contribution in [0.4, 0.5) is 13.2 Å². The van der Waals surface area contributed by atoms with E-state index in [-0.39, 0.29) is 11.3 Å². The van der Waals surface area contributed by atoms with Gasteiger partial charge < -0.3 is 0 Å². The van der Waals surface area contributed by atoms with E-state index < -0.39 is 22.5 Å². The van der Waals surface area contributed by atoms with Crippen molar-refractivity contribution in [3.63, 3.8) is 0 Å². The average Bonchev–Trinajstić information content (AvgIpc) is 2.86. The molecule has 0 bridgehead atoms. The molecule has 148 valence electrons. The van der Waals surface area contributed by atoms with Gasteiger partial charge in [-0.05, 0) is 0 Å². The van der Waals surface area contributed by atoms with Crippen LogP contribution >= 0.6 is 6.83 Å². The van der Waals surface area contributed by atoms with Crippen molar-refractivity contribution in [3.8, 4) is 0 Å². The van der Waals surface area contributed by atoms with E-state index in [1.807, 2.05) is 36.4 Å². The van der Waals surface area contributed by atoms with Crippen molar-refractivity contribution < 1.29 is 25.6 Å². The molecule has 0 saturated carbocycles. The zero-order chi connectivity index (χ0) is 19.9. The van der Waals surface area contributed by atoms with Gasteiger partial charge in [-0.15, -0.1) is 0 Å². The Bertz CT molecular complexity index is 861. The van der Waals surface area contributed by atoms with Crippen LogP contribution in [0.1, 0.15) is 35.3 Å². The first-order valence-corrected chi connectivity index (χ1v) is 13.2. The third-order valence-corrected chi connectivity index (χ3v) is 13.6. The molecule has 2 atom stereocenters. The summed E-state index contributed by atoms with van der Waals surface area (Å²) in [5, 5.41) is 0. The first kappa shape index (κ1) is 20.3. The maximum absolute atomic E-state index is 13.2. The van der Waals surface area contributed by atoms with Gasteiger partial charge in [-0.3, -0.25) is 0 Å². The van der Waals surface area contributed by atoms with Gasteiger partial charge in [-0.2, -0.15) is 0 Å². The Hall–Kier alpha value is -1.43. The van der Waals surface area contributed by atoms with Crippen molar-refractivity contribution in [3.05, 3.63) is 71.8 Å². The van der Waals surface area contributed by atoms with E-state index in [4.69, 9.17) is 3.97 Å². The molecule has 27 heavy (non-hydrogen) atoms. The Morgan fingerprint density at radius 1 is 0.852 bits per heavy atom. The Morgan fingerprint density at radius 2 is 1.22 bits per heavy atom. The molecule has 8 heteroatoms. The second kappa shape index (κ2) is 6.57. The third-order valence-electron chi connectivity index (χ3n) is 5.56. The van der Waals surface area contributed by atoms with Crippen molar-refractivity contribution in [1.29, 1.82) is 0 Å². The summed E-state index contributed by atoms with van der Waals surface area (Å²) >= 11 is 0. The predicted molar refractivity (Wildman–Crippen MR) is 102 cm³/mol. The molecule has 1 aliphatic rings. The van der Waals surface area contributed by atoms with Crippen LogP contribution in [0.2, 0.25) is 0 Å². The molecule has 0 aliphatic carbocycles. The van der Waals surface area contributed by atoms with Gasteiger partial charge in [0.05, 0.1) is 0 Å². The van der Waals surface area contributed by atoms with E-state index in [0.29, 0.717) is 12.8 Å². The molecular weight excluding hydrogens is 396 g/mol. The van der Waals surface area contributed by atoms with E-state index in [2.05, 4.69) is 0 Å². The molecule has 1 fully saturated rings. The number of hydrogen-bond acceptors (Lipinski definition) is 3. The van der Waals surface area contributed by atoms with Crippen LogP contribution in [0.15, 0.2) is 60.7 Å². The van der Waals surface area contributed by atoms with Crippen LogP contribution in [-0.2, 0) is 14.1 Å². The van der Waals surface area contributed by atoms with E-state index >= 15 is 0 Å². The van der Waals surface area contributed by atoms with Crippen LogP contribution in [-0.4, -0.2) is 27.3 Å². The molecule has 0 aromatic heterocycles. The van der Waals surface area contributed by atoms with E-state index in [0.717, 1.165) is 11.1 Å². The Balaban J connectivity index is 2.17. The van der Waals surface area contributed by atoms with Gasteiger partial charge in [0.15, 0.2) is 0 Å². The van der Waals surface area contributed by atoms with Crippen molar-refractivity contribution >= 4 is 16.9 Å². The fourth-order valence-corrected chi connectivity index (χ4v) is 12.4. The Kier molecular flexibility index (Phi) is 4.94. The zero-order valence-electron chi connectivity index (χ0n) is 15.1. The SMILES string of the molecule is CP1(C)(OS(=O)(=O)C(F)(F)F)[C@H](c2ccccc2)CC[C@H]1c1ccccc1. The molecule has 0 radical (unpaired) electrons. The van der Waals surface area contributed by atoms with Crippen LogP contribution < -0.4 is 0 Å². The summed E-state index contributed by atoms with van der Waals surface area (Å²) in [6.45, 7) is -0.641. The van der Waals surface area contributed by atoms with Gasteiger partial charge in [-0.25, -0.2) is 0 Å². The Labute approximate surface area is 157 Å². The predicted octanol–water partition coefficient (Wildman–Crippen LogP) is 5.86. The van der Waals surface area contributed by atoms with E-state index in [1.165, 1.54) is 0 Å². The van der Waals surface area contributed by atoms with E-state index in [1.54, 1.807) is 37.6 Å². The number of hydrogen-bond donors (Lipinski definition) is 0. The standard InChI is InChI=1S/C19H22F3O3PS/c1-26(2,25-27(23,24)19(20,21)22)17(15-9-5-3-6-10-15)13-14-18(26)16-11-7-4-8-12-16/h3-12,17-18H,13-14H2,1-2H3/t17-,18-/m0/s1. The number of rotatable bonds is 4. The van der Waals surface area contributed by atoms with Crippen LogP contribution in [0, 0.1) is 0 Å². The maximum atomic E-state index is 13.2. The first-order valence-electron chi connectivity index (χ1n) is 8.58. The summed E-state index contributed by atoms with van der Waals surface area (Å²) in [5.41, 5.74) is -4.60. The summed E-state index contributed by atoms with van der Waals surface area (Å²) in [6, 6.07) is 18.2. The molecule has 0 spiro atoms. The summed E-state index contributed by atoms with van der Waals surface area (Å²) in [7, 11) is -5.72. The second-order valence-corrected chi connectivity index (χ2v) is 15.2. The molecule has 0 unspecified atom stereocenters. The fourth-order valence-electron chi connectivity index (χ4n) is 4.33. The zero-order valence-corrected chi connectivity index (χ0v) is 16.8. The topological polar surface area (TPSA) is 43.4 Å². The van der Waals surface area contributed by atoms with Crippen LogP contribution in [0.25, 0.3) is 0 Å². The monoisotopic (exact) mass is 418 g/mol. The minimum absolute atomic E-state index is 0.389. The van der Waals surface area contributed by atoms with Gasteiger partial charge in [0.1, 0.15) is 0 Å². The average molecular weight is 418 g/mol. The number of alkyl halides is 3. The molecule has 1 heterocycles. The molecule has 3 nitrogen and oxygen atoms in total. The van der Waals surface area contributed by atoms with Gasteiger partial charge in [0.2, 0.25) is 0 Å². The Morgan fingerprint density at radius 3 is 1.56 bits per heavy atom. The van der Waals surface area contributed by atoms with Gasteiger partial charge in [0, 0.05) is 0 Å². The molecule has 0 amide bonds. The summed E-state index contributed by atoms with van der Waals surface area (Å²) < 4.78 is 68.9. The molecule has 3 rings (SSSR count). The fraction of sp³-hybridized carbons (Fsp3) is 0.368. The van der Waals surface area contributed by atoms with Crippen molar-refractivity contribution in [2.24, 2.45) is 0 Å².